The Hall–Kier alpha value is -2.54. The van der Waals surface area contributed by atoms with Gasteiger partial charge in [0, 0.05) is 14.1 Å². The summed E-state index contributed by atoms with van der Waals surface area (Å²) in [5, 5.41) is 0. The standard InChI is InChI=1S/C21H25N3O3S/c1-23-19-13-10-17(14-20(19)24(2)21(23)25)22-28(26,27)18-11-8-16(9-12-18)15-6-4-3-5-7-15/h8-15,22H,3-7H2,1-2H3. The zero-order valence-electron chi connectivity index (χ0n) is 16.2. The molecule has 0 spiro atoms. The van der Waals surface area contributed by atoms with Crippen LogP contribution in [0.15, 0.2) is 52.2 Å². The zero-order valence-corrected chi connectivity index (χ0v) is 17.0. The van der Waals surface area contributed by atoms with E-state index in [0.717, 1.165) is 5.52 Å². The zero-order chi connectivity index (χ0) is 19.9. The maximum absolute atomic E-state index is 12.8. The Morgan fingerprint density at radius 1 is 0.893 bits per heavy atom. The van der Waals surface area contributed by atoms with E-state index in [0.29, 0.717) is 17.1 Å². The van der Waals surface area contributed by atoms with Crippen molar-refractivity contribution in [3.8, 4) is 0 Å². The lowest BCUT2D eigenvalue weighted by atomic mass is 9.84. The van der Waals surface area contributed by atoms with Crippen molar-refractivity contribution in [3.63, 3.8) is 0 Å². The van der Waals surface area contributed by atoms with Gasteiger partial charge in [0.1, 0.15) is 0 Å². The number of sulfonamides is 1. The second-order valence-corrected chi connectivity index (χ2v) is 9.30. The molecule has 3 aromatic rings. The third-order valence-corrected chi connectivity index (χ3v) is 7.19. The summed E-state index contributed by atoms with van der Waals surface area (Å²) in [5.41, 5.74) is 2.95. The molecule has 0 bridgehead atoms. The van der Waals surface area contributed by atoms with Gasteiger partial charge < -0.3 is 0 Å². The molecule has 1 aliphatic rings. The highest BCUT2D eigenvalue weighted by atomic mass is 32.2. The van der Waals surface area contributed by atoms with Crippen molar-refractivity contribution in [3.05, 3.63) is 58.5 Å². The summed E-state index contributed by atoms with van der Waals surface area (Å²) in [7, 11) is -0.319. The first-order valence-electron chi connectivity index (χ1n) is 9.65. The molecule has 1 fully saturated rings. The Morgan fingerprint density at radius 2 is 1.54 bits per heavy atom. The molecule has 1 N–H and O–H groups in total. The Morgan fingerprint density at radius 3 is 2.21 bits per heavy atom. The number of anilines is 1. The average molecular weight is 400 g/mol. The maximum atomic E-state index is 12.8. The summed E-state index contributed by atoms with van der Waals surface area (Å²) in [6.45, 7) is 0. The van der Waals surface area contributed by atoms with Gasteiger partial charge in [-0.05, 0) is 54.7 Å². The van der Waals surface area contributed by atoms with Crippen LogP contribution < -0.4 is 10.4 Å². The summed E-state index contributed by atoms with van der Waals surface area (Å²) >= 11 is 0. The summed E-state index contributed by atoms with van der Waals surface area (Å²) < 4.78 is 31.3. The van der Waals surface area contributed by atoms with Crippen molar-refractivity contribution in [2.24, 2.45) is 14.1 Å². The van der Waals surface area contributed by atoms with Gasteiger partial charge in [-0.2, -0.15) is 0 Å². The SMILES string of the molecule is Cn1c(=O)n(C)c2cc(NS(=O)(=O)c3ccc(C4CCCCC4)cc3)ccc21. The van der Waals surface area contributed by atoms with Gasteiger partial charge in [0.2, 0.25) is 0 Å². The predicted molar refractivity (Wildman–Crippen MR) is 111 cm³/mol. The molecule has 7 heteroatoms. The molecule has 0 saturated heterocycles. The first-order chi connectivity index (χ1) is 13.4. The van der Waals surface area contributed by atoms with Crippen molar-refractivity contribution in [2.45, 2.75) is 42.9 Å². The van der Waals surface area contributed by atoms with Gasteiger partial charge in [-0.25, -0.2) is 13.2 Å². The van der Waals surface area contributed by atoms with Crippen LogP contribution in [0.2, 0.25) is 0 Å². The maximum Gasteiger partial charge on any atom is 0.328 e. The lowest BCUT2D eigenvalue weighted by Gasteiger charge is -2.22. The van der Waals surface area contributed by atoms with E-state index in [1.165, 1.54) is 46.8 Å². The van der Waals surface area contributed by atoms with Crippen LogP contribution in [0.1, 0.15) is 43.6 Å². The number of nitrogens with zero attached hydrogens (tertiary/aromatic N) is 2. The topological polar surface area (TPSA) is 73.1 Å². The highest BCUT2D eigenvalue weighted by Gasteiger charge is 2.19. The molecule has 1 saturated carbocycles. The molecule has 0 radical (unpaired) electrons. The van der Waals surface area contributed by atoms with Crippen molar-refractivity contribution in [1.82, 2.24) is 9.13 Å². The molecule has 0 atom stereocenters. The number of nitrogens with one attached hydrogen (secondary N) is 1. The minimum absolute atomic E-state index is 0.145. The fourth-order valence-corrected chi connectivity index (χ4v) is 5.19. The van der Waals surface area contributed by atoms with Gasteiger partial charge in [-0.3, -0.25) is 13.9 Å². The van der Waals surface area contributed by atoms with E-state index in [2.05, 4.69) is 4.72 Å². The number of hydrogen-bond acceptors (Lipinski definition) is 3. The molecule has 148 valence electrons. The summed E-state index contributed by atoms with van der Waals surface area (Å²) in [5.74, 6) is 0.542. The van der Waals surface area contributed by atoms with Gasteiger partial charge in [0.25, 0.3) is 10.0 Å². The fourth-order valence-electron chi connectivity index (χ4n) is 4.14. The van der Waals surface area contributed by atoms with Crippen LogP contribution in [0.3, 0.4) is 0 Å². The molecule has 0 aliphatic heterocycles. The number of fused-ring (bicyclic) bond motifs is 1. The van der Waals surface area contributed by atoms with Crippen LogP contribution in [-0.2, 0) is 24.1 Å². The third kappa shape index (κ3) is 3.35. The van der Waals surface area contributed by atoms with E-state index >= 15 is 0 Å². The van der Waals surface area contributed by atoms with Crippen LogP contribution in [0.25, 0.3) is 11.0 Å². The minimum atomic E-state index is -3.69. The normalized spacial score (nSPS) is 15.8. The minimum Gasteiger partial charge on any atom is -0.295 e. The Balaban J connectivity index is 1.59. The predicted octanol–water partition coefficient (Wildman–Crippen LogP) is 3.73. The second kappa shape index (κ2) is 7.13. The third-order valence-electron chi connectivity index (χ3n) is 5.79. The van der Waals surface area contributed by atoms with E-state index in [4.69, 9.17) is 0 Å². The number of hydrogen-bond donors (Lipinski definition) is 1. The smallest absolute Gasteiger partial charge is 0.295 e. The summed E-state index contributed by atoms with van der Waals surface area (Å²) in [6.07, 6.45) is 6.15. The fraction of sp³-hybridized carbons (Fsp3) is 0.381. The van der Waals surface area contributed by atoms with Crippen LogP contribution in [0.4, 0.5) is 5.69 Å². The number of rotatable bonds is 4. The van der Waals surface area contributed by atoms with Crippen molar-refractivity contribution >= 4 is 26.7 Å². The number of benzene rings is 2. The largest absolute Gasteiger partial charge is 0.328 e. The molecule has 1 aromatic heterocycles. The average Bonchev–Trinajstić information content (AvgIpc) is 2.92. The van der Waals surface area contributed by atoms with E-state index < -0.39 is 10.0 Å². The van der Waals surface area contributed by atoms with E-state index in [-0.39, 0.29) is 10.6 Å². The molecule has 28 heavy (non-hydrogen) atoms. The van der Waals surface area contributed by atoms with Gasteiger partial charge in [-0.1, -0.05) is 31.4 Å². The first kappa shape index (κ1) is 18.8. The quantitative estimate of drug-likeness (QED) is 0.727. The highest BCUT2D eigenvalue weighted by molar-refractivity contribution is 7.92. The lowest BCUT2D eigenvalue weighted by Crippen LogP contribution is -2.19. The summed E-state index contributed by atoms with van der Waals surface area (Å²) in [6, 6.07) is 12.4. The summed E-state index contributed by atoms with van der Waals surface area (Å²) in [4.78, 5) is 12.3. The molecule has 0 unspecified atom stereocenters. The van der Waals surface area contributed by atoms with Gasteiger partial charge >= 0.3 is 5.69 Å². The van der Waals surface area contributed by atoms with Crippen LogP contribution in [0, 0.1) is 0 Å². The van der Waals surface area contributed by atoms with Crippen LogP contribution in [-0.4, -0.2) is 17.6 Å². The number of aromatic nitrogens is 2. The molecule has 6 nitrogen and oxygen atoms in total. The molecule has 2 aromatic carbocycles. The van der Waals surface area contributed by atoms with E-state index in [9.17, 15) is 13.2 Å². The van der Waals surface area contributed by atoms with Gasteiger partial charge in [-0.15, -0.1) is 0 Å². The molecule has 1 aliphatic carbocycles. The van der Waals surface area contributed by atoms with E-state index in [1.54, 1.807) is 44.4 Å². The molecule has 0 amide bonds. The monoisotopic (exact) mass is 399 g/mol. The number of aryl methyl sites for hydroxylation is 2. The van der Waals surface area contributed by atoms with Crippen molar-refractivity contribution in [1.29, 1.82) is 0 Å². The molecular weight excluding hydrogens is 374 g/mol. The molecule has 4 rings (SSSR count). The Labute approximate surface area is 164 Å². The Bertz CT molecular complexity index is 1170. The Kier molecular flexibility index (Phi) is 4.79. The van der Waals surface area contributed by atoms with Gasteiger partial charge in [0.15, 0.2) is 0 Å². The van der Waals surface area contributed by atoms with Crippen molar-refractivity contribution < 1.29 is 8.42 Å². The van der Waals surface area contributed by atoms with Crippen LogP contribution in [0.5, 0.6) is 0 Å². The second-order valence-electron chi connectivity index (χ2n) is 7.61. The lowest BCUT2D eigenvalue weighted by molar-refractivity contribution is 0.443. The molecular formula is C21H25N3O3S. The van der Waals surface area contributed by atoms with Gasteiger partial charge in [0.05, 0.1) is 21.6 Å². The first-order valence-corrected chi connectivity index (χ1v) is 11.1. The van der Waals surface area contributed by atoms with E-state index in [1.807, 2.05) is 12.1 Å². The van der Waals surface area contributed by atoms with Crippen molar-refractivity contribution in [2.75, 3.05) is 4.72 Å². The number of imidazole rings is 1. The molecule has 1 heterocycles. The highest BCUT2D eigenvalue weighted by Crippen LogP contribution is 2.33. The van der Waals surface area contributed by atoms with Crippen LogP contribution >= 0.6 is 0 Å².